The van der Waals surface area contributed by atoms with Gasteiger partial charge >= 0.3 is 0 Å². The Morgan fingerprint density at radius 1 is 1.37 bits per heavy atom. The fourth-order valence-electron chi connectivity index (χ4n) is 2.38. The molecule has 19 heavy (non-hydrogen) atoms. The van der Waals surface area contributed by atoms with Crippen LogP contribution in [0.5, 0.6) is 0 Å². The summed E-state index contributed by atoms with van der Waals surface area (Å²) in [6.07, 6.45) is 7.26. The molecule has 2 heterocycles. The predicted molar refractivity (Wildman–Crippen MR) is 71.7 cm³/mol. The van der Waals surface area contributed by atoms with Crippen LogP contribution in [-0.2, 0) is 0 Å². The van der Waals surface area contributed by atoms with Gasteiger partial charge in [0.2, 0.25) is 0 Å². The normalized spacial score (nSPS) is 14.1. The molecule has 2 aromatic rings. The van der Waals surface area contributed by atoms with Crippen molar-refractivity contribution in [2.45, 2.75) is 25.8 Å². The molecule has 0 atom stereocenters. The van der Waals surface area contributed by atoms with Crippen molar-refractivity contribution in [2.24, 2.45) is 0 Å². The minimum atomic E-state index is -0.178. The van der Waals surface area contributed by atoms with Crippen LogP contribution in [0.1, 0.15) is 30.0 Å². The molecule has 1 saturated carbocycles. The molecule has 0 saturated heterocycles. The Morgan fingerprint density at radius 3 is 2.63 bits per heavy atom. The van der Waals surface area contributed by atoms with Crippen molar-refractivity contribution < 1.29 is 0 Å². The van der Waals surface area contributed by atoms with E-state index in [1.165, 1.54) is 0 Å². The van der Waals surface area contributed by atoms with Gasteiger partial charge in [-0.2, -0.15) is 5.26 Å². The van der Waals surface area contributed by atoms with E-state index in [0.717, 1.165) is 29.5 Å². The molecule has 0 aliphatic heterocycles. The number of pyridine rings is 2. The summed E-state index contributed by atoms with van der Waals surface area (Å²) >= 11 is 0. The van der Waals surface area contributed by atoms with Crippen LogP contribution in [0.3, 0.4) is 0 Å². The Hall–Kier alpha value is -2.41. The molecule has 0 amide bonds. The Labute approximate surface area is 111 Å². The minimum Gasteiger partial charge on any atom is -0.311 e. The van der Waals surface area contributed by atoms with E-state index in [4.69, 9.17) is 0 Å². The lowest BCUT2D eigenvalue weighted by Crippen LogP contribution is -2.23. The molecule has 1 aliphatic rings. The molecule has 3 rings (SSSR count). The summed E-state index contributed by atoms with van der Waals surface area (Å²) in [5, 5.41) is 9.33. The van der Waals surface area contributed by atoms with Crippen LogP contribution >= 0.6 is 0 Å². The van der Waals surface area contributed by atoms with Gasteiger partial charge in [-0.1, -0.05) is 0 Å². The number of rotatable bonds is 2. The highest BCUT2D eigenvalue weighted by Crippen LogP contribution is 2.35. The molecule has 0 bridgehead atoms. The zero-order chi connectivity index (χ0) is 13.4. The van der Waals surface area contributed by atoms with Crippen LogP contribution in [0.2, 0.25) is 0 Å². The van der Waals surface area contributed by atoms with Gasteiger partial charge in [0.1, 0.15) is 11.6 Å². The van der Waals surface area contributed by atoms with E-state index in [0.29, 0.717) is 0 Å². The van der Waals surface area contributed by atoms with E-state index in [9.17, 15) is 10.1 Å². The Balaban J connectivity index is 2.29. The van der Waals surface area contributed by atoms with Crippen LogP contribution in [0.15, 0.2) is 35.5 Å². The van der Waals surface area contributed by atoms with Crippen LogP contribution in [-0.4, -0.2) is 9.55 Å². The summed E-state index contributed by atoms with van der Waals surface area (Å²) in [4.78, 5) is 16.3. The van der Waals surface area contributed by atoms with Crippen molar-refractivity contribution >= 4 is 0 Å². The lowest BCUT2D eigenvalue weighted by atomic mass is 9.98. The van der Waals surface area contributed by atoms with Crippen LogP contribution in [0, 0.1) is 18.3 Å². The molecular weight excluding hydrogens is 238 g/mol. The lowest BCUT2D eigenvalue weighted by molar-refractivity contribution is 0.701. The van der Waals surface area contributed by atoms with Crippen molar-refractivity contribution in [1.29, 1.82) is 5.26 Å². The largest absolute Gasteiger partial charge is 0.311 e. The molecule has 4 heteroatoms. The van der Waals surface area contributed by atoms with Gasteiger partial charge in [-0.15, -0.1) is 0 Å². The third-order valence-electron chi connectivity index (χ3n) is 3.45. The molecule has 0 radical (unpaired) electrons. The Kier molecular flexibility index (Phi) is 2.68. The fraction of sp³-hybridized carbons (Fsp3) is 0.267. The average molecular weight is 251 g/mol. The van der Waals surface area contributed by atoms with Gasteiger partial charge in [-0.25, -0.2) is 0 Å². The second-order valence-electron chi connectivity index (χ2n) is 4.85. The van der Waals surface area contributed by atoms with Crippen molar-refractivity contribution in [2.75, 3.05) is 0 Å². The average Bonchev–Trinajstić information content (AvgIpc) is 3.26. The van der Waals surface area contributed by atoms with E-state index in [1.54, 1.807) is 17.0 Å². The Bertz CT molecular complexity index is 722. The second-order valence-corrected chi connectivity index (χ2v) is 4.85. The summed E-state index contributed by atoms with van der Waals surface area (Å²) in [5.41, 5.74) is 2.60. The smallest absolute Gasteiger partial charge is 0.269 e. The highest BCUT2D eigenvalue weighted by molar-refractivity contribution is 5.72. The maximum atomic E-state index is 12.4. The lowest BCUT2D eigenvalue weighted by Gasteiger charge is -2.12. The summed E-state index contributed by atoms with van der Waals surface area (Å²) < 4.78 is 1.71. The molecule has 1 aliphatic carbocycles. The van der Waals surface area contributed by atoms with E-state index in [1.807, 2.05) is 25.3 Å². The van der Waals surface area contributed by atoms with E-state index in [-0.39, 0.29) is 17.2 Å². The molecule has 0 N–H and O–H groups in total. The molecule has 0 spiro atoms. The van der Waals surface area contributed by atoms with Gasteiger partial charge in [0.25, 0.3) is 5.56 Å². The van der Waals surface area contributed by atoms with E-state index >= 15 is 0 Å². The first-order valence-corrected chi connectivity index (χ1v) is 6.28. The highest BCUT2D eigenvalue weighted by Gasteiger charge is 2.27. The maximum absolute atomic E-state index is 12.4. The molecule has 2 aromatic heterocycles. The van der Waals surface area contributed by atoms with Gasteiger partial charge in [0.15, 0.2) is 0 Å². The summed E-state index contributed by atoms with van der Waals surface area (Å²) in [7, 11) is 0. The van der Waals surface area contributed by atoms with Crippen molar-refractivity contribution in [3.63, 3.8) is 0 Å². The van der Waals surface area contributed by atoms with E-state index in [2.05, 4.69) is 11.1 Å². The molecule has 0 aromatic carbocycles. The number of hydrogen-bond acceptors (Lipinski definition) is 3. The van der Waals surface area contributed by atoms with Crippen LogP contribution in [0.4, 0.5) is 0 Å². The van der Waals surface area contributed by atoms with Crippen LogP contribution < -0.4 is 5.56 Å². The first-order valence-electron chi connectivity index (χ1n) is 6.28. The number of aromatic nitrogens is 2. The van der Waals surface area contributed by atoms with Gasteiger partial charge in [-0.3, -0.25) is 9.78 Å². The van der Waals surface area contributed by atoms with Crippen LogP contribution in [0.25, 0.3) is 11.1 Å². The highest BCUT2D eigenvalue weighted by atomic mass is 16.1. The first-order chi connectivity index (χ1) is 9.22. The van der Waals surface area contributed by atoms with Crippen molar-refractivity contribution in [1.82, 2.24) is 9.55 Å². The fourth-order valence-corrected chi connectivity index (χ4v) is 2.38. The Morgan fingerprint density at radius 2 is 2.05 bits per heavy atom. The van der Waals surface area contributed by atoms with Gasteiger partial charge in [-0.05, 0) is 43.0 Å². The third-order valence-corrected chi connectivity index (χ3v) is 3.45. The number of hydrogen-bond donors (Lipinski definition) is 0. The van der Waals surface area contributed by atoms with Crippen molar-refractivity contribution in [3.8, 4) is 17.2 Å². The summed E-state index contributed by atoms with van der Waals surface area (Å²) in [6, 6.07) is 6.00. The number of aryl methyl sites for hydroxylation is 1. The maximum Gasteiger partial charge on any atom is 0.269 e. The number of nitriles is 1. The zero-order valence-electron chi connectivity index (χ0n) is 10.6. The molecule has 1 fully saturated rings. The number of nitrogens with zero attached hydrogens (tertiary/aromatic N) is 3. The quantitative estimate of drug-likeness (QED) is 0.823. The third kappa shape index (κ3) is 1.93. The topological polar surface area (TPSA) is 58.7 Å². The second kappa shape index (κ2) is 4.36. The summed E-state index contributed by atoms with van der Waals surface area (Å²) in [6.45, 7) is 1.94. The van der Waals surface area contributed by atoms with Gasteiger partial charge in [0, 0.05) is 30.2 Å². The molecule has 0 unspecified atom stereocenters. The minimum absolute atomic E-state index is 0.178. The van der Waals surface area contributed by atoms with Crippen molar-refractivity contribution in [3.05, 3.63) is 52.2 Å². The predicted octanol–water partition coefficient (Wildman–Crippen LogP) is 2.43. The monoisotopic (exact) mass is 251 g/mol. The standard InChI is InChI=1S/C15H13N3O/c1-10-9-18(12-2-3-12)15(19)13(8-16)14(10)11-4-6-17-7-5-11/h4-7,9,12H,2-3H2,1H3. The first kappa shape index (κ1) is 11.7. The van der Waals surface area contributed by atoms with E-state index < -0.39 is 0 Å². The SMILES string of the molecule is Cc1cn(C2CC2)c(=O)c(C#N)c1-c1ccncc1. The van der Waals surface area contributed by atoms with Gasteiger partial charge < -0.3 is 4.57 Å². The molecular formula is C15H13N3O. The van der Waals surface area contributed by atoms with Gasteiger partial charge in [0.05, 0.1) is 0 Å². The molecule has 94 valence electrons. The zero-order valence-corrected chi connectivity index (χ0v) is 10.6. The molecule has 4 nitrogen and oxygen atoms in total. The summed E-state index contributed by atoms with van der Waals surface area (Å²) in [5.74, 6) is 0.